The highest BCUT2D eigenvalue weighted by Crippen LogP contribution is 2.16. The fourth-order valence-electron chi connectivity index (χ4n) is 1.58. The summed E-state index contributed by atoms with van der Waals surface area (Å²) in [7, 11) is 0. The molecule has 1 aliphatic heterocycles. The fraction of sp³-hybridized carbons (Fsp3) is 0.700. The van der Waals surface area contributed by atoms with E-state index < -0.39 is 24.0 Å². The maximum Gasteiger partial charge on any atom is 0.354 e. The van der Waals surface area contributed by atoms with Crippen molar-refractivity contribution in [2.45, 2.75) is 19.1 Å². The molecule has 20 heavy (non-hydrogen) atoms. The van der Waals surface area contributed by atoms with Gasteiger partial charge < -0.3 is 14.6 Å². The molecule has 1 atom stereocenters. The van der Waals surface area contributed by atoms with Gasteiger partial charge in [0.05, 0.1) is 19.8 Å². The van der Waals surface area contributed by atoms with Gasteiger partial charge in [-0.1, -0.05) is 5.11 Å². The van der Waals surface area contributed by atoms with E-state index in [1.54, 1.807) is 0 Å². The van der Waals surface area contributed by atoms with Crippen LogP contribution in [0.4, 0.5) is 0 Å². The molecule has 10 nitrogen and oxygen atoms in total. The predicted molar refractivity (Wildman–Crippen MR) is 63.3 cm³/mol. The van der Waals surface area contributed by atoms with Gasteiger partial charge in [-0.05, 0) is 5.53 Å². The van der Waals surface area contributed by atoms with E-state index in [-0.39, 0.29) is 39.2 Å². The summed E-state index contributed by atoms with van der Waals surface area (Å²) in [5, 5.41) is 12.2. The summed E-state index contributed by atoms with van der Waals surface area (Å²) >= 11 is 0. The molecule has 1 unspecified atom stereocenters. The number of carboxylic acids is 1. The molecule has 1 saturated heterocycles. The van der Waals surface area contributed by atoms with Gasteiger partial charge in [-0.2, -0.15) is 0 Å². The Morgan fingerprint density at radius 3 is 2.55 bits per heavy atom. The van der Waals surface area contributed by atoms with Gasteiger partial charge in [0.15, 0.2) is 0 Å². The molecule has 0 bridgehead atoms. The van der Waals surface area contributed by atoms with Crippen LogP contribution >= 0.6 is 0 Å². The van der Waals surface area contributed by atoms with Crippen LogP contribution in [0.15, 0.2) is 5.11 Å². The molecule has 0 aliphatic carbocycles. The van der Waals surface area contributed by atoms with Crippen molar-refractivity contribution in [1.29, 1.82) is 0 Å². The Balaban J connectivity index is 2.37. The van der Waals surface area contributed by atoms with E-state index in [2.05, 4.69) is 10.0 Å². The first-order chi connectivity index (χ1) is 9.57. The van der Waals surface area contributed by atoms with Crippen molar-refractivity contribution >= 4 is 17.8 Å². The number of amides is 2. The van der Waals surface area contributed by atoms with E-state index in [9.17, 15) is 14.4 Å². The number of hydrogen-bond donors (Lipinski definition) is 1. The van der Waals surface area contributed by atoms with Crippen molar-refractivity contribution in [3.05, 3.63) is 10.4 Å². The number of ether oxygens (including phenoxy) is 2. The number of azide groups is 1. The van der Waals surface area contributed by atoms with Crippen LogP contribution in [0.5, 0.6) is 0 Å². The average Bonchev–Trinajstić information content (AvgIpc) is 2.73. The van der Waals surface area contributed by atoms with Crippen LogP contribution in [0, 0.1) is 0 Å². The largest absolute Gasteiger partial charge is 0.478 e. The topological polar surface area (TPSA) is 142 Å². The normalized spacial score (nSPS) is 16.1. The van der Waals surface area contributed by atoms with E-state index in [0.29, 0.717) is 4.90 Å². The highest BCUT2D eigenvalue weighted by atomic mass is 16.6. The minimum absolute atomic E-state index is 0.00532. The Morgan fingerprint density at radius 1 is 1.35 bits per heavy atom. The highest BCUT2D eigenvalue weighted by molar-refractivity contribution is 6.04. The second-order valence-electron chi connectivity index (χ2n) is 3.79. The quantitative estimate of drug-likeness (QED) is 0.206. The van der Waals surface area contributed by atoms with Gasteiger partial charge in [0.1, 0.15) is 0 Å². The lowest BCUT2D eigenvalue weighted by Gasteiger charge is -2.22. The van der Waals surface area contributed by atoms with E-state index in [0.717, 1.165) is 0 Å². The van der Waals surface area contributed by atoms with Crippen LogP contribution in [-0.2, 0) is 23.9 Å². The van der Waals surface area contributed by atoms with Crippen LogP contribution in [0.1, 0.15) is 12.8 Å². The number of nitrogens with zero attached hydrogens (tertiary/aromatic N) is 4. The predicted octanol–water partition coefficient (Wildman–Crippen LogP) is -0.110. The number of carbonyl (C=O) groups is 3. The van der Waals surface area contributed by atoms with Gasteiger partial charge in [-0.25, -0.2) is 9.69 Å². The SMILES string of the molecule is [N-]=[N+]=NCCOCCOC(C(=O)O)N1C(=O)CCC1=O. The van der Waals surface area contributed by atoms with E-state index in [1.807, 2.05) is 0 Å². The van der Waals surface area contributed by atoms with Crippen LogP contribution in [0.2, 0.25) is 0 Å². The number of carbonyl (C=O) groups excluding carboxylic acids is 2. The molecular weight excluding hydrogens is 272 g/mol. The van der Waals surface area contributed by atoms with Crippen molar-refractivity contribution in [2.75, 3.05) is 26.4 Å². The minimum Gasteiger partial charge on any atom is -0.478 e. The van der Waals surface area contributed by atoms with E-state index >= 15 is 0 Å². The fourth-order valence-corrected chi connectivity index (χ4v) is 1.58. The molecule has 0 aromatic heterocycles. The molecule has 110 valence electrons. The molecule has 0 spiro atoms. The lowest BCUT2D eigenvalue weighted by atomic mass is 10.4. The first-order valence-corrected chi connectivity index (χ1v) is 5.86. The summed E-state index contributed by atoms with van der Waals surface area (Å²) in [5.41, 5.74) is 8.02. The average molecular weight is 286 g/mol. The molecule has 0 radical (unpaired) electrons. The zero-order chi connectivity index (χ0) is 15.0. The summed E-state index contributed by atoms with van der Waals surface area (Å²) in [6.45, 7) is 0.278. The third-order valence-electron chi connectivity index (χ3n) is 2.44. The Morgan fingerprint density at radius 2 is 2.00 bits per heavy atom. The third kappa shape index (κ3) is 4.50. The monoisotopic (exact) mass is 286 g/mol. The van der Waals surface area contributed by atoms with Crippen molar-refractivity contribution < 1.29 is 29.0 Å². The Hall–Kier alpha value is -2.16. The minimum atomic E-state index is -1.63. The molecule has 0 aromatic carbocycles. The van der Waals surface area contributed by atoms with Crippen LogP contribution in [0.3, 0.4) is 0 Å². The number of rotatable bonds is 9. The molecule has 2 amide bonds. The Bertz CT molecular complexity index is 417. The number of aliphatic carboxylic acids is 1. The molecule has 1 heterocycles. The lowest BCUT2D eigenvalue weighted by molar-refractivity contribution is -0.175. The van der Waals surface area contributed by atoms with Crippen LogP contribution in [0.25, 0.3) is 10.4 Å². The number of imide groups is 1. The zero-order valence-electron chi connectivity index (χ0n) is 10.6. The van der Waals surface area contributed by atoms with Crippen molar-refractivity contribution in [2.24, 2.45) is 5.11 Å². The summed E-state index contributed by atoms with van der Waals surface area (Å²) < 4.78 is 10.0. The van der Waals surface area contributed by atoms with Crippen LogP contribution < -0.4 is 0 Å². The zero-order valence-corrected chi connectivity index (χ0v) is 10.6. The van der Waals surface area contributed by atoms with Gasteiger partial charge >= 0.3 is 5.97 Å². The summed E-state index contributed by atoms with van der Waals surface area (Å²) in [6, 6.07) is 0. The maximum absolute atomic E-state index is 11.4. The second kappa shape index (κ2) is 8.10. The molecule has 1 N–H and O–H groups in total. The maximum atomic E-state index is 11.4. The van der Waals surface area contributed by atoms with Gasteiger partial charge in [0.25, 0.3) is 0 Å². The van der Waals surface area contributed by atoms with Gasteiger partial charge in [0, 0.05) is 24.3 Å². The highest BCUT2D eigenvalue weighted by Gasteiger charge is 2.39. The van der Waals surface area contributed by atoms with Gasteiger partial charge in [0.2, 0.25) is 18.0 Å². The van der Waals surface area contributed by atoms with E-state index in [1.165, 1.54) is 0 Å². The van der Waals surface area contributed by atoms with E-state index in [4.69, 9.17) is 20.1 Å². The van der Waals surface area contributed by atoms with Gasteiger partial charge in [-0.3, -0.25) is 9.59 Å². The molecule has 0 aromatic rings. The first-order valence-electron chi connectivity index (χ1n) is 5.86. The van der Waals surface area contributed by atoms with Crippen molar-refractivity contribution in [3.8, 4) is 0 Å². The molecule has 1 rings (SSSR count). The Labute approximate surface area is 113 Å². The second-order valence-corrected chi connectivity index (χ2v) is 3.79. The lowest BCUT2D eigenvalue weighted by Crippen LogP contribution is -2.46. The van der Waals surface area contributed by atoms with Gasteiger partial charge in [-0.15, -0.1) is 0 Å². The van der Waals surface area contributed by atoms with Crippen LogP contribution in [-0.4, -0.2) is 60.4 Å². The summed E-state index contributed by atoms with van der Waals surface area (Å²) in [5.74, 6) is -2.54. The third-order valence-corrected chi connectivity index (χ3v) is 2.44. The smallest absolute Gasteiger partial charge is 0.354 e. The first kappa shape index (κ1) is 15.9. The number of carboxylic acid groups (broad SMARTS) is 1. The van der Waals surface area contributed by atoms with Crippen molar-refractivity contribution in [3.63, 3.8) is 0 Å². The summed E-state index contributed by atoms with van der Waals surface area (Å²) in [4.78, 5) is 37.0. The number of likely N-dealkylation sites (tertiary alicyclic amines) is 1. The standard InChI is InChI=1S/C10H14N4O6/c11-13-12-3-4-19-5-6-20-9(10(17)18)14-7(15)1-2-8(14)16/h9H,1-6H2,(H,17,18). The summed E-state index contributed by atoms with van der Waals surface area (Å²) in [6.07, 6.45) is -1.64. The molecule has 1 aliphatic rings. The molecule has 10 heteroatoms. The number of hydrogen-bond acceptors (Lipinski definition) is 6. The van der Waals surface area contributed by atoms with Crippen molar-refractivity contribution in [1.82, 2.24) is 4.90 Å². The molecule has 0 saturated carbocycles. The molecule has 1 fully saturated rings. The molecular formula is C10H14N4O6. The Kier molecular flexibility index (Phi) is 6.44.